The number of benzene rings is 2. The molecule has 2 aromatic rings. The van der Waals surface area contributed by atoms with E-state index < -0.39 is 11.8 Å². The van der Waals surface area contributed by atoms with Gasteiger partial charge in [-0.05, 0) is 73.9 Å². The van der Waals surface area contributed by atoms with E-state index in [4.69, 9.17) is 11.5 Å². The molecule has 0 bridgehead atoms. The first-order valence-electron chi connectivity index (χ1n) is 9.85. The normalized spacial score (nSPS) is 9.23. The second kappa shape index (κ2) is 16.8. The van der Waals surface area contributed by atoms with E-state index in [0.29, 0.717) is 11.1 Å². The molecule has 31 heavy (non-hydrogen) atoms. The van der Waals surface area contributed by atoms with Crippen molar-refractivity contribution in [3.05, 3.63) is 80.2 Å². The minimum absolute atomic E-state index is 0. The van der Waals surface area contributed by atoms with Gasteiger partial charge in [-0.15, -0.1) is 0 Å². The van der Waals surface area contributed by atoms with Crippen LogP contribution < -0.4 is 34.0 Å². The average molecular weight is 632 g/mol. The van der Waals surface area contributed by atoms with Gasteiger partial charge in [0, 0.05) is 11.1 Å². The summed E-state index contributed by atoms with van der Waals surface area (Å²) < 4.78 is 0. The van der Waals surface area contributed by atoms with Gasteiger partial charge < -0.3 is 55.0 Å². The number of carbonyl (C=O) groups excluding carboxylic acids is 2. The van der Waals surface area contributed by atoms with Crippen molar-refractivity contribution in [2.75, 3.05) is 0 Å². The van der Waals surface area contributed by atoms with Crippen LogP contribution in [0.5, 0.6) is 0 Å². The van der Waals surface area contributed by atoms with Crippen LogP contribution >= 0.6 is 0 Å². The fourth-order valence-corrected chi connectivity index (χ4v) is 3.33. The second-order valence-electron chi connectivity index (χ2n) is 7.20. The summed E-state index contributed by atoms with van der Waals surface area (Å²) in [6.45, 7) is 12.1. The zero-order valence-corrected chi connectivity index (χ0v) is 24.8. The summed E-state index contributed by atoms with van der Waals surface area (Å²) in [6, 6.07) is 7.46. The van der Waals surface area contributed by atoms with E-state index >= 15 is 0 Å². The van der Waals surface area contributed by atoms with Crippen LogP contribution in [0, 0.1) is 27.7 Å². The molecule has 2 rings (SSSR count). The van der Waals surface area contributed by atoms with E-state index in [0.717, 1.165) is 47.9 Å². The van der Waals surface area contributed by atoms with Gasteiger partial charge in [0.15, 0.2) is 0 Å². The van der Waals surface area contributed by atoms with Crippen molar-refractivity contribution in [1.82, 2.24) is 0 Å². The van der Waals surface area contributed by atoms with Crippen molar-refractivity contribution in [3.8, 4) is 0 Å². The molecule has 7 heteroatoms. The smallest absolute Gasteiger partial charge is 1.00 e. The van der Waals surface area contributed by atoms with Crippen LogP contribution in [0.3, 0.4) is 0 Å². The van der Waals surface area contributed by atoms with Crippen LogP contribution in [0.2, 0.25) is 0 Å². The molecule has 0 saturated carbocycles. The monoisotopic (exact) mass is 628 g/mol. The third-order valence-corrected chi connectivity index (χ3v) is 5.33. The fraction of sp³-hybridized carbons (Fsp3) is 0.417. The maximum Gasteiger partial charge on any atom is 4.00 e. The molecule has 0 aliphatic heterocycles. The molecule has 0 aromatic heterocycles. The maximum absolute atomic E-state index is 11.0. The molecule has 0 fully saturated rings. The van der Waals surface area contributed by atoms with E-state index in [2.05, 4.69) is 13.8 Å². The first-order chi connectivity index (χ1) is 13.1. The Kier molecular flexibility index (Phi) is 18.9. The van der Waals surface area contributed by atoms with Gasteiger partial charge in [-0.1, -0.05) is 51.0 Å². The van der Waals surface area contributed by atoms with E-state index in [1.54, 1.807) is 12.1 Å². The number of aryl methyl sites for hydroxylation is 2. The van der Waals surface area contributed by atoms with Gasteiger partial charge in [-0.3, -0.25) is 0 Å². The average Bonchev–Trinajstić information content (AvgIpc) is 2.63. The Morgan fingerprint density at radius 3 is 1.16 bits per heavy atom. The van der Waals surface area contributed by atoms with Gasteiger partial charge in [0.1, 0.15) is 0 Å². The second-order valence-corrected chi connectivity index (χ2v) is 7.20. The standard InChI is InChI=1S/2C12H17NO.2BrH.Zr/c2*1-4-5-10-6-7-11(12(13)14)9(3)8(10)2;;;/h2*6-7H,4-5H2,1-3H3,(H2,13,14);2*1H;/q;;;;+4/p-4. The fourth-order valence-electron chi connectivity index (χ4n) is 3.33. The molecule has 0 saturated heterocycles. The number of halogens is 2. The largest absolute Gasteiger partial charge is 4.00 e. The Morgan fingerprint density at radius 1 is 0.645 bits per heavy atom. The van der Waals surface area contributed by atoms with Gasteiger partial charge in [0.05, 0.1) is 11.8 Å². The molecule has 0 heterocycles. The number of rotatable bonds is 6. The van der Waals surface area contributed by atoms with E-state index in [-0.39, 0.29) is 60.2 Å². The third kappa shape index (κ3) is 9.71. The van der Waals surface area contributed by atoms with Crippen LogP contribution in [0.4, 0.5) is 0 Å². The minimum atomic E-state index is -0.589. The van der Waals surface area contributed by atoms with E-state index in [9.17, 15) is 9.59 Å². The van der Waals surface area contributed by atoms with Crippen LogP contribution in [0.15, 0.2) is 24.3 Å². The Hall–Kier alpha value is -0.777. The van der Waals surface area contributed by atoms with Crippen LogP contribution in [-0.4, -0.2) is 11.8 Å². The van der Waals surface area contributed by atoms with Crippen molar-refractivity contribution in [2.45, 2.75) is 67.2 Å². The molecule has 2 aromatic carbocycles. The Labute approximate surface area is 227 Å². The molecule has 0 aliphatic carbocycles. The first-order valence-corrected chi connectivity index (χ1v) is 9.85. The number of hydrogen-bond donors (Lipinski definition) is 0. The Bertz CT molecular complexity index is 800. The van der Waals surface area contributed by atoms with Crippen molar-refractivity contribution in [3.63, 3.8) is 0 Å². The molecule has 0 atom stereocenters. The number of carbonyl (C=O) groups is 2. The molecule has 0 unspecified atom stereocenters. The van der Waals surface area contributed by atoms with Gasteiger partial charge in [0.2, 0.25) is 0 Å². The van der Waals surface area contributed by atoms with Gasteiger partial charge >= 0.3 is 26.2 Å². The number of nitrogens with one attached hydrogen (secondary N) is 2. The molecular weight excluding hydrogens is 599 g/mol. The van der Waals surface area contributed by atoms with E-state index in [1.807, 2.05) is 39.8 Å². The summed E-state index contributed by atoms with van der Waals surface area (Å²) in [4.78, 5) is 21.9. The molecular formula is C24H32Br2N2O2Zr. The molecule has 0 radical (unpaired) electrons. The van der Waals surface area contributed by atoms with Crippen molar-refractivity contribution >= 4 is 11.8 Å². The summed E-state index contributed by atoms with van der Waals surface area (Å²) in [5.74, 6) is -1.18. The molecule has 4 nitrogen and oxygen atoms in total. The Balaban J connectivity index is -0.000000461. The molecule has 2 N–H and O–H groups in total. The van der Waals surface area contributed by atoms with Crippen LogP contribution in [0.25, 0.3) is 11.5 Å². The first kappa shape index (κ1) is 34.8. The summed E-state index contributed by atoms with van der Waals surface area (Å²) in [7, 11) is 0. The third-order valence-electron chi connectivity index (χ3n) is 5.33. The zero-order chi connectivity index (χ0) is 21.4. The summed E-state index contributed by atoms with van der Waals surface area (Å²) in [5.41, 5.74) is 22.0. The molecule has 168 valence electrons. The van der Waals surface area contributed by atoms with Crippen LogP contribution in [0.1, 0.15) is 80.8 Å². The van der Waals surface area contributed by atoms with Crippen molar-refractivity contribution in [2.24, 2.45) is 0 Å². The van der Waals surface area contributed by atoms with Crippen LogP contribution in [-0.2, 0) is 39.0 Å². The quantitative estimate of drug-likeness (QED) is 0.475. The minimum Gasteiger partial charge on any atom is -1.00 e. The van der Waals surface area contributed by atoms with Gasteiger partial charge in [-0.2, -0.15) is 0 Å². The zero-order valence-electron chi connectivity index (χ0n) is 19.2. The van der Waals surface area contributed by atoms with Gasteiger partial charge in [0.25, 0.3) is 0 Å². The predicted octanol–water partition coefficient (Wildman–Crippen LogP) is 0.902. The summed E-state index contributed by atoms with van der Waals surface area (Å²) in [6.07, 6.45) is 4.29. The maximum atomic E-state index is 11.0. The Morgan fingerprint density at radius 2 is 0.935 bits per heavy atom. The van der Waals surface area contributed by atoms with Crippen molar-refractivity contribution in [1.29, 1.82) is 0 Å². The molecule has 2 amide bonds. The number of amides is 2. The SMILES string of the molecule is CCCc1ccc(C([NH-])=O)c(C)c1C.CCCc1ccc(C([NH-])=O)c(C)c1C.[Br-].[Br-].[Zr+4]. The topological polar surface area (TPSA) is 81.7 Å². The summed E-state index contributed by atoms with van der Waals surface area (Å²) >= 11 is 0. The van der Waals surface area contributed by atoms with Gasteiger partial charge in [-0.25, -0.2) is 0 Å². The number of hydrogen-bond acceptors (Lipinski definition) is 2. The molecule has 0 aliphatic rings. The van der Waals surface area contributed by atoms with Crippen molar-refractivity contribution < 1.29 is 69.8 Å². The predicted molar refractivity (Wildman–Crippen MR) is 117 cm³/mol. The van der Waals surface area contributed by atoms with E-state index in [1.165, 1.54) is 11.1 Å². The summed E-state index contributed by atoms with van der Waals surface area (Å²) in [5, 5.41) is 0. The molecule has 0 spiro atoms.